The topological polar surface area (TPSA) is 49.7 Å². The first-order valence-corrected chi connectivity index (χ1v) is 6.02. The smallest absolute Gasteiger partial charge is 0.125 e. The van der Waals surface area contributed by atoms with E-state index in [9.17, 15) is 5.11 Å². The molecule has 0 saturated heterocycles. The Morgan fingerprint density at radius 2 is 1.88 bits per heavy atom. The Bertz CT molecular complexity index is 329. The monoisotopic (exact) mass is 288 g/mol. The lowest BCUT2D eigenvalue weighted by atomic mass is 10.1. The average molecular weight is 289 g/mol. The summed E-state index contributed by atoms with van der Waals surface area (Å²) in [6.45, 7) is 4.15. The van der Waals surface area contributed by atoms with E-state index < -0.39 is 6.10 Å². The van der Waals surface area contributed by atoms with Crippen LogP contribution in [0.5, 0.6) is 5.75 Å². The molecule has 0 saturated carbocycles. The van der Waals surface area contributed by atoms with Crippen LogP contribution < -0.4 is 4.74 Å². The molecule has 1 atom stereocenters. The molecule has 0 heterocycles. The third-order valence-electron chi connectivity index (χ3n) is 2.33. The highest BCUT2D eigenvalue weighted by molar-refractivity contribution is 9.10. The summed E-state index contributed by atoms with van der Waals surface area (Å²) < 4.78 is 6.64. The van der Waals surface area contributed by atoms with Gasteiger partial charge in [-0.3, -0.25) is 0 Å². The molecule has 0 aliphatic heterocycles. The Hall–Kier alpha value is -0.580. The van der Waals surface area contributed by atoms with Crippen LogP contribution in [-0.2, 0) is 0 Å². The van der Waals surface area contributed by atoms with Gasteiger partial charge in [0, 0.05) is 10.9 Å². The lowest BCUT2D eigenvalue weighted by Gasteiger charge is -2.14. The number of benzene rings is 1. The van der Waals surface area contributed by atoms with Crippen LogP contribution >= 0.6 is 15.9 Å². The van der Waals surface area contributed by atoms with E-state index in [1.54, 1.807) is 0 Å². The van der Waals surface area contributed by atoms with Gasteiger partial charge in [-0.05, 0) is 37.1 Å². The molecule has 0 amide bonds. The maximum Gasteiger partial charge on any atom is 0.125 e. The molecule has 1 aromatic carbocycles. The Morgan fingerprint density at radius 1 is 1.31 bits per heavy atom. The fourth-order valence-electron chi connectivity index (χ4n) is 1.51. The Balaban J connectivity index is 2.60. The lowest BCUT2D eigenvalue weighted by molar-refractivity contribution is 0.0752. The van der Waals surface area contributed by atoms with E-state index in [0.29, 0.717) is 13.0 Å². The number of ether oxygens (including phenoxy) is 1. The summed E-state index contributed by atoms with van der Waals surface area (Å²) in [4.78, 5) is 0. The maximum atomic E-state index is 9.18. The summed E-state index contributed by atoms with van der Waals surface area (Å²) in [6, 6.07) is 3.98. The van der Waals surface area contributed by atoms with Crippen molar-refractivity contribution in [2.45, 2.75) is 26.4 Å². The summed E-state index contributed by atoms with van der Waals surface area (Å²) in [5.74, 6) is 0.855. The van der Waals surface area contributed by atoms with Crippen LogP contribution in [-0.4, -0.2) is 29.5 Å². The highest BCUT2D eigenvalue weighted by Crippen LogP contribution is 2.27. The molecule has 0 bridgehead atoms. The number of rotatable bonds is 5. The molecule has 0 radical (unpaired) electrons. The maximum absolute atomic E-state index is 9.18. The van der Waals surface area contributed by atoms with Crippen LogP contribution in [0.4, 0.5) is 0 Å². The van der Waals surface area contributed by atoms with Crippen LogP contribution in [0.25, 0.3) is 0 Å². The summed E-state index contributed by atoms with van der Waals surface area (Å²) in [5.41, 5.74) is 2.12. The summed E-state index contributed by atoms with van der Waals surface area (Å²) in [7, 11) is 0. The van der Waals surface area contributed by atoms with Gasteiger partial charge < -0.3 is 14.9 Å². The number of hydrogen-bond donors (Lipinski definition) is 2. The van der Waals surface area contributed by atoms with Gasteiger partial charge in [-0.15, -0.1) is 0 Å². The van der Waals surface area contributed by atoms with Crippen molar-refractivity contribution in [2.75, 3.05) is 13.2 Å². The first-order chi connectivity index (χ1) is 7.54. The van der Waals surface area contributed by atoms with Gasteiger partial charge in [-0.25, -0.2) is 0 Å². The summed E-state index contributed by atoms with van der Waals surface area (Å²) >= 11 is 3.42. The lowest BCUT2D eigenvalue weighted by Crippen LogP contribution is -2.16. The molecule has 1 aromatic rings. The third-order valence-corrected chi connectivity index (χ3v) is 2.79. The molecule has 90 valence electrons. The van der Waals surface area contributed by atoms with Crippen molar-refractivity contribution in [3.8, 4) is 5.75 Å². The zero-order chi connectivity index (χ0) is 12.1. The van der Waals surface area contributed by atoms with E-state index in [1.807, 2.05) is 26.0 Å². The van der Waals surface area contributed by atoms with E-state index in [-0.39, 0.29) is 6.61 Å². The fourth-order valence-corrected chi connectivity index (χ4v) is 2.20. The zero-order valence-corrected chi connectivity index (χ0v) is 11.1. The van der Waals surface area contributed by atoms with Gasteiger partial charge in [0.05, 0.1) is 19.3 Å². The van der Waals surface area contributed by atoms with Gasteiger partial charge in [0.15, 0.2) is 0 Å². The first kappa shape index (κ1) is 13.5. The van der Waals surface area contributed by atoms with E-state index >= 15 is 0 Å². The zero-order valence-electron chi connectivity index (χ0n) is 9.53. The van der Waals surface area contributed by atoms with Crippen LogP contribution in [0.15, 0.2) is 16.6 Å². The summed E-state index contributed by atoms with van der Waals surface area (Å²) in [5, 5.41) is 17.8. The molecule has 3 nitrogen and oxygen atoms in total. The van der Waals surface area contributed by atoms with E-state index in [2.05, 4.69) is 15.9 Å². The molecule has 0 aliphatic carbocycles. The predicted molar refractivity (Wildman–Crippen MR) is 66.8 cm³/mol. The van der Waals surface area contributed by atoms with Crippen molar-refractivity contribution in [2.24, 2.45) is 0 Å². The van der Waals surface area contributed by atoms with E-state index in [1.165, 1.54) is 0 Å². The van der Waals surface area contributed by atoms with Crippen molar-refractivity contribution < 1.29 is 14.9 Å². The largest absolute Gasteiger partial charge is 0.493 e. The van der Waals surface area contributed by atoms with Crippen LogP contribution in [0.1, 0.15) is 17.5 Å². The third kappa shape index (κ3) is 3.77. The second kappa shape index (κ2) is 6.23. The molecular weight excluding hydrogens is 272 g/mol. The highest BCUT2D eigenvalue weighted by Gasteiger charge is 2.07. The molecule has 1 rings (SSSR count). The molecule has 0 aliphatic rings. The van der Waals surface area contributed by atoms with Crippen LogP contribution in [0, 0.1) is 13.8 Å². The van der Waals surface area contributed by atoms with Crippen molar-refractivity contribution >= 4 is 15.9 Å². The first-order valence-electron chi connectivity index (χ1n) is 5.23. The van der Waals surface area contributed by atoms with E-state index in [0.717, 1.165) is 21.3 Å². The second-order valence-electron chi connectivity index (χ2n) is 3.84. The molecule has 0 fully saturated rings. The number of halogens is 1. The molecule has 0 aromatic heterocycles. The van der Waals surface area contributed by atoms with Crippen molar-refractivity contribution in [3.63, 3.8) is 0 Å². The number of hydrogen-bond acceptors (Lipinski definition) is 3. The SMILES string of the molecule is Cc1cc(Br)cc(C)c1OCCC(O)CO. The van der Waals surface area contributed by atoms with Crippen molar-refractivity contribution in [1.29, 1.82) is 0 Å². The average Bonchev–Trinajstić information content (AvgIpc) is 2.21. The Morgan fingerprint density at radius 3 is 2.38 bits per heavy atom. The van der Waals surface area contributed by atoms with Crippen molar-refractivity contribution in [1.82, 2.24) is 0 Å². The van der Waals surface area contributed by atoms with E-state index in [4.69, 9.17) is 9.84 Å². The molecular formula is C12H17BrO3. The molecule has 4 heteroatoms. The van der Waals surface area contributed by atoms with Crippen molar-refractivity contribution in [3.05, 3.63) is 27.7 Å². The highest BCUT2D eigenvalue weighted by atomic mass is 79.9. The molecule has 16 heavy (non-hydrogen) atoms. The quantitative estimate of drug-likeness (QED) is 0.873. The number of aryl methyl sites for hydroxylation is 2. The van der Waals surface area contributed by atoms with Gasteiger partial charge in [0.1, 0.15) is 5.75 Å². The van der Waals surface area contributed by atoms with Crippen LogP contribution in [0.2, 0.25) is 0 Å². The van der Waals surface area contributed by atoms with Crippen LogP contribution in [0.3, 0.4) is 0 Å². The fraction of sp³-hybridized carbons (Fsp3) is 0.500. The normalized spacial score (nSPS) is 12.6. The minimum Gasteiger partial charge on any atom is -0.493 e. The van der Waals surface area contributed by atoms with Gasteiger partial charge in [0.2, 0.25) is 0 Å². The Kier molecular flexibility index (Phi) is 5.25. The predicted octanol–water partition coefficient (Wildman–Crippen LogP) is 2.19. The van der Waals surface area contributed by atoms with Gasteiger partial charge >= 0.3 is 0 Å². The molecule has 2 N–H and O–H groups in total. The minimum absolute atomic E-state index is 0.221. The van der Waals surface area contributed by atoms with Gasteiger partial charge in [-0.2, -0.15) is 0 Å². The standard InChI is InChI=1S/C12H17BrO3/c1-8-5-10(13)6-9(2)12(8)16-4-3-11(15)7-14/h5-6,11,14-15H,3-4,7H2,1-2H3. The molecule has 0 spiro atoms. The van der Waals surface area contributed by atoms with Gasteiger partial charge in [-0.1, -0.05) is 15.9 Å². The Labute approximate surface area is 104 Å². The second-order valence-corrected chi connectivity index (χ2v) is 4.76. The number of aliphatic hydroxyl groups is 2. The number of aliphatic hydroxyl groups excluding tert-OH is 2. The molecule has 1 unspecified atom stereocenters. The minimum atomic E-state index is -0.698. The van der Waals surface area contributed by atoms with Gasteiger partial charge in [0.25, 0.3) is 0 Å². The summed E-state index contributed by atoms with van der Waals surface area (Å²) in [6.07, 6.45) is -0.262.